The zero-order chi connectivity index (χ0) is 20.1. The van der Waals surface area contributed by atoms with E-state index < -0.39 is 5.97 Å². The Kier molecular flexibility index (Phi) is 6.34. The van der Waals surface area contributed by atoms with Gasteiger partial charge in [-0.3, -0.25) is 14.4 Å². The highest BCUT2D eigenvalue weighted by Crippen LogP contribution is 2.44. The number of nitrogens with one attached hydrogen (secondary N) is 1. The van der Waals surface area contributed by atoms with Crippen LogP contribution in [0.1, 0.15) is 48.9 Å². The summed E-state index contributed by atoms with van der Waals surface area (Å²) < 4.78 is 5.14. The normalized spacial score (nSPS) is 19.0. The summed E-state index contributed by atoms with van der Waals surface area (Å²) in [5.74, 6) is -1.23. The van der Waals surface area contributed by atoms with Gasteiger partial charge in [-0.25, -0.2) is 0 Å². The molecule has 7 nitrogen and oxygen atoms in total. The Morgan fingerprint density at radius 1 is 1.18 bits per heavy atom. The number of carboxylic acid groups (broad SMARTS) is 1. The summed E-state index contributed by atoms with van der Waals surface area (Å²) in [4.78, 5) is 38.0. The Hall–Kier alpha value is -2.41. The van der Waals surface area contributed by atoms with Crippen molar-refractivity contribution < 1.29 is 24.2 Å². The van der Waals surface area contributed by atoms with Crippen LogP contribution in [0.3, 0.4) is 0 Å². The molecule has 1 heterocycles. The van der Waals surface area contributed by atoms with E-state index in [1.165, 1.54) is 0 Å². The number of ether oxygens (including phenoxy) is 1. The number of hydrogen-bond donors (Lipinski definition) is 2. The van der Waals surface area contributed by atoms with E-state index in [1.807, 2.05) is 0 Å². The van der Waals surface area contributed by atoms with Gasteiger partial charge in [-0.2, -0.15) is 0 Å². The van der Waals surface area contributed by atoms with Gasteiger partial charge in [0.15, 0.2) is 0 Å². The lowest BCUT2D eigenvalue weighted by Crippen LogP contribution is -2.42. The third-order valence-electron chi connectivity index (χ3n) is 6.10. The number of likely N-dealkylation sites (tertiary alicyclic amines) is 1. The quantitative estimate of drug-likeness (QED) is 0.749. The molecule has 152 valence electrons. The molecular weight excluding hydrogens is 360 g/mol. The van der Waals surface area contributed by atoms with Crippen molar-refractivity contribution in [1.82, 2.24) is 4.90 Å². The Morgan fingerprint density at radius 3 is 2.32 bits per heavy atom. The van der Waals surface area contributed by atoms with Gasteiger partial charge in [-0.15, -0.1) is 0 Å². The largest absolute Gasteiger partial charge is 0.481 e. The van der Waals surface area contributed by atoms with E-state index in [-0.39, 0.29) is 23.1 Å². The Morgan fingerprint density at radius 2 is 1.82 bits per heavy atom. The summed E-state index contributed by atoms with van der Waals surface area (Å²) in [5.41, 5.74) is 0.887. The van der Waals surface area contributed by atoms with Crippen molar-refractivity contribution in [3.05, 3.63) is 29.8 Å². The number of hydrogen-bond acceptors (Lipinski definition) is 4. The first kappa shape index (κ1) is 20.3. The molecule has 2 fully saturated rings. The van der Waals surface area contributed by atoms with E-state index in [0.29, 0.717) is 43.8 Å². The molecule has 0 bridgehead atoms. The average molecular weight is 388 g/mol. The Balaban J connectivity index is 1.57. The number of amides is 2. The molecule has 2 amide bonds. The first-order chi connectivity index (χ1) is 13.4. The standard InChI is InChI=1S/C21H28N2O5/c1-28-14-11-21(9-2-10-21)20(27)22-17-5-3-15(4-6-17)18(24)23-12-7-16(8-13-23)19(25)26/h3-6,16H,2,7-14H2,1H3,(H,22,27)(H,25,26). The Labute approximate surface area is 165 Å². The van der Waals surface area contributed by atoms with Crippen molar-refractivity contribution in [3.63, 3.8) is 0 Å². The molecule has 0 radical (unpaired) electrons. The van der Waals surface area contributed by atoms with Crippen LogP contribution < -0.4 is 5.32 Å². The maximum Gasteiger partial charge on any atom is 0.306 e. The van der Waals surface area contributed by atoms with Crippen LogP contribution in [0.5, 0.6) is 0 Å². The van der Waals surface area contributed by atoms with E-state index in [4.69, 9.17) is 9.84 Å². The molecule has 0 spiro atoms. The van der Waals surface area contributed by atoms with Gasteiger partial charge < -0.3 is 20.1 Å². The minimum atomic E-state index is -0.790. The van der Waals surface area contributed by atoms with E-state index >= 15 is 0 Å². The summed E-state index contributed by atoms with van der Waals surface area (Å²) in [6.45, 7) is 1.48. The molecular formula is C21H28N2O5. The predicted octanol–water partition coefficient (Wildman–Crippen LogP) is 2.77. The van der Waals surface area contributed by atoms with Crippen LogP contribution in [0, 0.1) is 11.3 Å². The number of carboxylic acids is 1. The predicted molar refractivity (Wildman–Crippen MR) is 104 cm³/mol. The molecule has 0 aromatic heterocycles. The zero-order valence-electron chi connectivity index (χ0n) is 16.3. The second-order valence-electron chi connectivity index (χ2n) is 7.81. The fourth-order valence-corrected chi connectivity index (χ4v) is 3.96. The SMILES string of the molecule is COCCC1(C(=O)Nc2ccc(C(=O)N3CCC(C(=O)O)CC3)cc2)CCC1. The number of carbonyl (C=O) groups is 3. The summed E-state index contributed by atoms with van der Waals surface area (Å²) in [6.07, 6.45) is 4.51. The maximum atomic E-state index is 12.7. The van der Waals surface area contributed by atoms with Crippen molar-refractivity contribution in [1.29, 1.82) is 0 Å². The van der Waals surface area contributed by atoms with Crippen molar-refractivity contribution in [3.8, 4) is 0 Å². The van der Waals surface area contributed by atoms with Crippen LogP contribution in [-0.4, -0.2) is 54.6 Å². The van der Waals surface area contributed by atoms with Crippen molar-refractivity contribution >= 4 is 23.5 Å². The third kappa shape index (κ3) is 4.35. The monoisotopic (exact) mass is 388 g/mol. The topological polar surface area (TPSA) is 95.9 Å². The minimum absolute atomic E-state index is 0.0191. The number of methoxy groups -OCH3 is 1. The van der Waals surface area contributed by atoms with Crippen LogP contribution in [0.15, 0.2) is 24.3 Å². The summed E-state index contributed by atoms with van der Waals surface area (Å²) in [6, 6.07) is 6.92. The first-order valence-corrected chi connectivity index (χ1v) is 9.88. The van der Waals surface area contributed by atoms with Crippen LogP contribution in [-0.2, 0) is 14.3 Å². The number of anilines is 1. The van der Waals surface area contributed by atoms with Gasteiger partial charge in [0.05, 0.1) is 11.3 Å². The lowest BCUT2D eigenvalue weighted by atomic mass is 9.66. The fraction of sp³-hybridized carbons (Fsp3) is 0.571. The highest BCUT2D eigenvalue weighted by molar-refractivity contribution is 5.97. The molecule has 2 N–H and O–H groups in total. The van der Waals surface area contributed by atoms with Crippen LogP contribution in [0.2, 0.25) is 0 Å². The number of aliphatic carboxylic acids is 1. The average Bonchev–Trinajstić information content (AvgIpc) is 2.67. The number of rotatable bonds is 7. The molecule has 1 saturated carbocycles. The van der Waals surface area contributed by atoms with E-state index in [9.17, 15) is 14.4 Å². The second-order valence-corrected chi connectivity index (χ2v) is 7.81. The summed E-state index contributed by atoms with van der Waals surface area (Å²) in [5, 5.41) is 12.0. The lowest BCUT2D eigenvalue weighted by molar-refractivity contribution is -0.143. The van der Waals surface area contributed by atoms with Gasteiger partial charge in [0.1, 0.15) is 0 Å². The molecule has 1 aromatic rings. The second kappa shape index (κ2) is 8.73. The molecule has 1 aliphatic heterocycles. The molecule has 3 rings (SSSR count). The third-order valence-corrected chi connectivity index (χ3v) is 6.10. The number of benzene rings is 1. The van der Waals surface area contributed by atoms with Crippen molar-refractivity contribution in [2.45, 2.75) is 38.5 Å². The lowest BCUT2D eigenvalue weighted by Gasteiger charge is -2.40. The molecule has 2 aliphatic rings. The van der Waals surface area contributed by atoms with Crippen LogP contribution >= 0.6 is 0 Å². The van der Waals surface area contributed by atoms with Gasteiger partial charge >= 0.3 is 5.97 Å². The van der Waals surface area contributed by atoms with Gasteiger partial charge in [-0.05, 0) is 56.4 Å². The fourth-order valence-electron chi connectivity index (χ4n) is 3.96. The van der Waals surface area contributed by atoms with E-state index in [0.717, 1.165) is 25.7 Å². The van der Waals surface area contributed by atoms with E-state index in [1.54, 1.807) is 36.3 Å². The van der Waals surface area contributed by atoms with Crippen molar-refractivity contribution in [2.75, 3.05) is 32.1 Å². The minimum Gasteiger partial charge on any atom is -0.481 e. The molecule has 0 unspecified atom stereocenters. The molecule has 0 atom stereocenters. The molecule has 1 saturated heterocycles. The maximum absolute atomic E-state index is 12.7. The summed E-state index contributed by atoms with van der Waals surface area (Å²) >= 11 is 0. The molecule has 1 aromatic carbocycles. The first-order valence-electron chi connectivity index (χ1n) is 9.88. The van der Waals surface area contributed by atoms with Crippen molar-refractivity contribution in [2.24, 2.45) is 11.3 Å². The van der Waals surface area contributed by atoms with Gasteiger partial charge in [0.25, 0.3) is 5.91 Å². The highest BCUT2D eigenvalue weighted by Gasteiger charge is 2.43. The van der Waals surface area contributed by atoms with Gasteiger partial charge in [0, 0.05) is 38.1 Å². The Bertz CT molecular complexity index is 719. The molecule has 1 aliphatic carbocycles. The van der Waals surface area contributed by atoms with Crippen LogP contribution in [0.25, 0.3) is 0 Å². The number of carbonyl (C=O) groups excluding carboxylic acids is 2. The molecule has 7 heteroatoms. The molecule has 28 heavy (non-hydrogen) atoms. The number of nitrogens with zero attached hydrogens (tertiary/aromatic N) is 1. The zero-order valence-corrected chi connectivity index (χ0v) is 16.3. The van der Waals surface area contributed by atoms with Gasteiger partial charge in [0.2, 0.25) is 5.91 Å². The number of piperidine rings is 1. The highest BCUT2D eigenvalue weighted by atomic mass is 16.5. The van der Waals surface area contributed by atoms with E-state index in [2.05, 4.69) is 5.32 Å². The van der Waals surface area contributed by atoms with Gasteiger partial charge in [-0.1, -0.05) is 6.42 Å². The summed E-state index contributed by atoms with van der Waals surface area (Å²) in [7, 11) is 1.64. The smallest absolute Gasteiger partial charge is 0.306 e. The van der Waals surface area contributed by atoms with Crippen LogP contribution in [0.4, 0.5) is 5.69 Å².